The lowest BCUT2D eigenvalue weighted by Crippen LogP contribution is -2.26. The second-order valence-corrected chi connectivity index (χ2v) is 4.57. The Kier molecular flexibility index (Phi) is 3.31. The molecule has 2 unspecified atom stereocenters. The van der Waals surface area contributed by atoms with Crippen molar-refractivity contribution in [3.05, 3.63) is 24.3 Å². The summed E-state index contributed by atoms with van der Waals surface area (Å²) in [7, 11) is 0. The molecule has 3 heteroatoms. The van der Waals surface area contributed by atoms with Gasteiger partial charge in [-0.2, -0.15) is 0 Å². The Morgan fingerprint density at radius 2 is 2.20 bits per heavy atom. The zero-order valence-electron chi connectivity index (χ0n) is 9.48. The minimum atomic E-state index is 0.305. The smallest absolute Gasteiger partial charge is 0.0753 e. The Labute approximate surface area is 91.3 Å². The van der Waals surface area contributed by atoms with Crippen LogP contribution < -0.4 is 5.32 Å². The van der Waals surface area contributed by atoms with Crippen LogP contribution in [-0.2, 0) is 0 Å². The Morgan fingerprint density at radius 3 is 2.80 bits per heavy atom. The fourth-order valence-corrected chi connectivity index (χ4v) is 1.83. The Balaban J connectivity index is 1.79. The van der Waals surface area contributed by atoms with Crippen LogP contribution in [0, 0.1) is 11.8 Å². The summed E-state index contributed by atoms with van der Waals surface area (Å²) < 4.78 is 0. The van der Waals surface area contributed by atoms with Crippen LogP contribution in [0.25, 0.3) is 0 Å². The quantitative estimate of drug-likeness (QED) is 0.800. The van der Waals surface area contributed by atoms with Gasteiger partial charge in [-0.25, -0.2) is 0 Å². The lowest BCUT2D eigenvalue weighted by Gasteiger charge is -2.16. The van der Waals surface area contributed by atoms with E-state index in [9.17, 15) is 0 Å². The van der Waals surface area contributed by atoms with Crippen LogP contribution >= 0.6 is 0 Å². The molecule has 0 amide bonds. The second-order valence-electron chi connectivity index (χ2n) is 4.57. The number of nitrogens with zero attached hydrogens (tertiary/aromatic N) is 2. The Hall–Kier alpha value is -0.960. The third kappa shape index (κ3) is 2.99. The van der Waals surface area contributed by atoms with E-state index in [1.54, 1.807) is 12.4 Å². The zero-order chi connectivity index (χ0) is 10.7. The molecule has 2 atom stereocenters. The summed E-state index contributed by atoms with van der Waals surface area (Å²) in [5.41, 5.74) is 1.03. The molecule has 82 valence electrons. The number of hydrogen-bond donors (Lipinski definition) is 1. The minimum absolute atomic E-state index is 0.305. The third-order valence-electron chi connectivity index (χ3n) is 3.20. The predicted octanol–water partition coefficient (Wildman–Crippen LogP) is 2.17. The van der Waals surface area contributed by atoms with Crippen molar-refractivity contribution in [2.24, 2.45) is 11.8 Å². The van der Waals surface area contributed by atoms with E-state index in [0.717, 1.165) is 24.1 Å². The minimum Gasteiger partial charge on any atom is -0.309 e. The molecule has 1 aromatic heterocycles. The summed E-state index contributed by atoms with van der Waals surface area (Å²) in [5.74, 6) is 1.76. The maximum atomic E-state index is 4.29. The molecule has 1 fully saturated rings. The van der Waals surface area contributed by atoms with Gasteiger partial charge < -0.3 is 5.32 Å². The van der Waals surface area contributed by atoms with Crippen molar-refractivity contribution in [1.29, 1.82) is 0 Å². The fraction of sp³-hybridized carbons (Fsp3) is 0.667. The van der Waals surface area contributed by atoms with Crippen LogP contribution in [0.4, 0.5) is 0 Å². The average molecular weight is 205 g/mol. The lowest BCUT2D eigenvalue weighted by molar-refractivity contribution is 0.428. The summed E-state index contributed by atoms with van der Waals surface area (Å²) in [6, 6.07) is 0.305. The van der Waals surface area contributed by atoms with Crippen molar-refractivity contribution >= 4 is 0 Å². The summed E-state index contributed by atoms with van der Waals surface area (Å²) >= 11 is 0. The highest BCUT2D eigenvalue weighted by atomic mass is 14.9. The number of nitrogens with one attached hydrogen (secondary N) is 1. The van der Waals surface area contributed by atoms with Crippen LogP contribution in [0.1, 0.15) is 38.4 Å². The highest BCUT2D eigenvalue weighted by molar-refractivity contribution is 5.00. The molecule has 0 spiro atoms. The van der Waals surface area contributed by atoms with Gasteiger partial charge in [0.2, 0.25) is 0 Å². The van der Waals surface area contributed by atoms with Crippen molar-refractivity contribution in [1.82, 2.24) is 15.3 Å². The standard InChI is InChI=1S/C12H19N3/c1-9(11-3-4-11)7-15-10(2)12-8-13-5-6-14-12/h5-6,8-11,15H,3-4,7H2,1-2H3. The highest BCUT2D eigenvalue weighted by Gasteiger charge is 2.27. The topological polar surface area (TPSA) is 37.8 Å². The Bertz CT molecular complexity index is 295. The first-order valence-electron chi connectivity index (χ1n) is 5.76. The molecular weight excluding hydrogens is 186 g/mol. The molecule has 0 saturated heterocycles. The van der Waals surface area contributed by atoms with Gasteiger partial charge in [-0.1, -0.05) is 6.92 Å². The molecule has 0 radical (unpaired) electrons. The molecule has 1 N–H and O–H groups in total. The SMILES string of the molecule is CC(NCC(C)C1CC1)c1cnccn1. The molecule has 0 bridgehead atoms. The van der Waals surface area contributed by atoms with Crippen LogP contribution in [-0.4, -0.2) is 16.5 Å². The molecular formula is C12H19N3. The second kappa shape index (κ2) is 4.71. The van der Waals surface area contributed by atoms with E-state index >= 15 is 0 Å². The summed E-state index contributed by atoms with van der Waals surface area (Å²) in [6.45, 7) is 5.56. The molecule has 1 saturated carbocycles. The molecule has 2 rings (SSSR count). The van der Waals surface area contributed by atoms with Crippen molar-refractivity contribution in [3.63, 3.8) is 0 Å². The zero-order valence-corrected chi connectivity index (χ0v) is 9.48. The molecule has 1 aliphatic carbocycles. The Morgan fingerprint density at radius 1 is 1.40 bits per heavy atom. The molecule has 1 heterocycles. The van der Waals surface area contributed by atoms with Gasteiger partial charge in [0.15, 0.2) is 0 Å². The first-order valence-corrected chi connectivity index (χ1v) is 5.76. The number of aromatic nitrogens is 2. The first kappa shape index (κ1) is 10.6. The molecule has 15 heavy (non-hydrogen) atoms. The largest absolute Gasteiger partial charge is 0.309 e. The van der Waals surface area contributed by atoms with Gasteiger partial charge in [0.05, 0.1) is 5.69 Å². The predicted molar refractivity (Wildman–Crippen MR) is 60.3 cm³/mol. The molecule has 0 aromatic carbocycles. The number of hydrogen-bond acceptors (Lipinski definition) is 3. The van der Waals surface area contributed by atoms with Crippen LogP contribution in [0.3, 0.4) is 0 Å². The van der Waals surface area contributed by atoms with Gasteiger partial charge in [-0.15, -0.1) is 0 Å². The van der Waals surface area contributed by atoms with E-state index in [0.29, 0.717) is 6.04 Å². The summed E-state index contributed by atoms with van der Waals surface area (Å²) in [5, 5.41) is 3.52. The van der Waals surface area contributed by atoms with Crippen LogP contribution in [0.15, 0.2) is 18.6 Å². The molecule has 1 aliphatic rings. The van der Waals surface area contributed by atoms with E-state index in [1.807, 2.05) is 6.20 Å². The molecule has 0 aliphatic heterocycles. The van der Waals surface area contributed by atoms with E-state index in [-0.39, 0.29) is 0 Å². The van der Waals surface area contributed by atoms with Gasteiger partial charge in [-0.3, -0.25) is 9.97 Å². The van der Waals surface area contributed by atoms with E-state index in [1.165, 1.54) is 12.8 Å². The maximum Gasteiger partial charge on any atom is 0.0753 e. The maximum absolute atomic E-state index is 4.29. The fourth-order valence-electron chi connectivity index (χ4n) is 1.83. The van der Waals surface area contributed by atoms with Gasteiger partial charge in [0, 0.05) is 24.6 Å². The van der Waals surface area contributed by atoms with Gasteiger partial charge in [-0.05, 0) is 38.1 Å². The van der Waals surface area contributed by atoms with Gasteiger partial charge in [0.1, 0.15) is 0 Å². The van der Waals surface area contributed by atoms with Crippen molar-refractivity contribution in [2.75, 3.05) is 6.54 Å². The first-order chi connectivity index (χ1) is 7.27. The van der Waals surface area contributed by atoms with E-state index in [4.69, 9.17) is 0 Å². The van der Waals surface area contributed by atoms with Gasteiger partial charge in [0.25, 0.3) is 0 Å². The number of rotatable bonds is 5. The van der Waals surface area contributed by atoms with Crippen LogP contribution in [0.2, 0.25) is 0 Å². The average Bonchev–Trinajstić information content (AvgIpc) is 3.10. The van der Waals surface area contributed by atoms with Gasteiger partial charge >= 0.3 is 0 Å². The third-order valence-corrected chi connectivity index (χ3v) is 3.20. The monoisotopic (exact) mass is 205 g/mol. The lowest BCUT2D eigenvalue weighted by atomic mass is 10.1. The summed E-state index contributed by atoms with van der Waals surface area (Å²) in [6.07, 6.45) is 8.13. The molecule has 3 nitrogen and oxygen atoms in total. The van der Waals surface area contributed by atoms with Crippen molar-refractivity contribution in [2.45, 2.75) is 32.7 Å². The van der Waals surface area contributed by atoms with Crippen LogP contribution in [0.5, 0.6) is 0 Å². The normalized spacial score (nSPS) is 19.9. The van der Waals surface area contributed by atoms with Crippen molar-refractivity contribution in [3.8, 4) is 0 Å². The summed E-state index contributed by atoms with van der Waals surface area (Å²) in [4.78, 5) is 8.37. The molecule has 1 aromatic rings. The highest BCUT2D eigenvalue weighted by Crippen LogP contribution is 2.36. The van der Waals surface area contributed by atoms with E-state index in [2.05, 4.69) is 29.1 Å². The van der Waals surface area contributed by atoms with Crippen molar-refractivity contribution < 1.29 is 0 Å². The van der Waals surface area contributed by atoms with E-state index < -0.39 is 0 Å².